The van der Waals surface area contributed by atoms with Crippen LogP contribution in [0.1, 0.15) is 0 Å². The first kappa shape index (κ1) is 17.9. The predicted octanol–water partition coefficient (Wildman–Crippen LogP) is 7.34. The number of aromatic nitrogens is 4. The first-order valence-corrected chi connectivity index (χ1v) is 12.0. The third-order valence-electron chi connectivity index (χ3n) is 5.82. The van der Waals surface area contributed by atoms with Gasteiger partial charge in [0.25, 0.3) is 0 Å². The molecule has 7 rings (SSSR count). The van der Waals surface area contributed by atoms with Crippen molar-refractivity contribution in [3.05, 3.63) is 84.1 Å². The Morgan fingerprint density at radius 3 is 1.25 bits per heavy atom. The summed E-state index contributed by atoms with van der Waals surface area (Å²) in [6.45, 7) is 0. The van der Waals surface area contributed by atoms with Crippen molar-refractivity contribution in [2.75, 3.05) is 0 Å². The standard InChI is InChI=1S/C26H14N4S2/c1-3-7-17-15(5-1)13-31-25(17)19-21-23(29-11-9-27-21)20(24-22(19)28-10-12-30-24)26-18-8-4-2-6-16(18)14-32-26/h1-14H. The zero-order valence-electron chi connectivity index (χ0n) is 16.7. The third kappa shape index (κ3) is 2.48. The molecular formula is C26H14N4S2. The minimum Gasteiger partial charge on any atom is -0.252 e. The van der Waals surface area contributed by atoms with Crippen LogP contribution in [0.4, 0.5) is 0 Å². The highest BCUT2D eigenvalue weighted by Crippen LogP contribution is 2.47. The number of hydrogen-bond donors (Lipinski definition) is 0. The van der Waals surface area contributed by atoms with E-state index in [4.69, 9.17) is 19.9 Å². The lowest BCUT2D eigenvalue weighted by Gasteiger charge is -2.13. The highest BCUT2D eigenvalue weighted by molar-refractivity contribution is 7.16. The predicted molar refractivity (Wildman–Crippen MR) is 134 cm³/mol. The molecule has 150 valence electrons. The molecule has 4 heterocycles. The first-order chi connectivity index (χ1) is 15.9. The molecule has 4 aromatic heterocycles. The van der Waals surface area contributed by atoms with E-state index in [0.717, 1.165) is 42.9 Å². The van der Waals surface area contributed by atoms with Gasteiger partial charge in [0.15, 0.2) is 0 Å². The van der Waals surface area contributed by atoms with Gasteiger partial charge < -0.3 is 0 Å². The second kappa shape index (κ2) is 6.88. The van der Waals surface area contributed by atoms with Crippen molar-refractivity contribution >= 4 is 66.3 Å². The Bertz CT molecular complexity index is 1610. The molecule has 4 nitrogen and oxygen atoms in total. The topological polar surface area (TPSA) is 51.6 Å². The van der Waals surface area contributed by atoms with Crippen LogP contribution in [0.15, 0.2) is 84.1 Å². The molecule has 0 fully saturated rings. The fourth-order valence-electron chi connectivity index (χ4n) is 4.43. The molecule has 3 aromatic carbocycles. The summed E-state index contributed by atoms with van der Waals surface area (Å²) in [6.07, 6.45) is 7.06. The Hall–Kier alpha value is -3.74. The van der Waals surface area contributed by atoms with Crippen LogP contribution in [0.2, 0.25) is 0 Å². The number of thiophene rings is 2. The molecule has 0 saturated heterocycles. The molecule has 0 aliphatic carbocycles. The summed E-state index contributed by atoms with van der Waals surface area (Å²) in [6, 6.07) is 16.9. The van der Waals surface area contributed by atoms with Gasteiger partial charge >= 0.3 is 0 Å². The Kier molecular flexibility index (Phi) is 3.85. The molecule has 7 aromatic rings. The number of nitrogens with zero attached hydrogens (tertiary/aromatic N) is 4. The molecular weight excluding hydrogens is 432 g/mol. The maximum atomic E-state index is 4.83. The van der Waals surface area contributed by atoms with Crippen LogP contribution in [0.3, 0.4) is 0 Å². The van der Waals surface area contributed by atoms with E-state index in [-0.39, 0.29) is 0 Å². The monoisotopic (exact) mass is 446 g/mol. The molecule has 0 spiro atoms. The summed E-state index contributed by atoms with van der Waals surface area (Å²) in [5.41, 5.74) is 5.46. The average molecular weight is 447 g/mol. The van der Waals surface area contributed by atoms with Crippen LogP contribution in [0.5, 0.6) is 0 Å². The van der Waals surface area contributed by atoms with Crippen LogP contribution in [0, 0.1) is 0 Å². The molecule has 0 bridgehead atoms. The van der Waals surface area contributed by atoms with Gasteiger partial charge in [-0.25, -0.2) is 0 Å². The summed E-state index contributed by atoms with van der Waals surface area (Å²) in [5, 5.41) is 9.21. The fraction of sp³-hybridized carbons (Fsp3) is 0. The zero-order valence-corrected chi connectivity index (χ0v) is 18.3. The fourth-order valence-corrected chi connectivity index (χ4v) is 6.58. The molecule has 0 N–H and O–H groups in total. The maximum absolute atomic E-state index is 4.83. The van der Waals surface area contributed by atoms with E-state index in [1.807, 2.05) is 0 Å². The third-order valence-corrected chi connectivity index (χ3v) is 7.88. The highest BCUT2D eigenvalue weighted by Gasteiger charge is 2.23. The van der Waals surface area contributed by atoms with E-state index >= 15 is 0 Å². The second-order valence-corrected chi connectivity index (χ2v) is 9.32. The van der Waals surface area contributed by atoms with E-state index in [2.05, 4.69) is 59.3 Å². The number of rotatable bonds is 2. The molecule has 0 amide bonds. The van der Waals surface area contributed by atoms with Crippen LogP contribution in [-0.4, -0.2) is 19.9 Å². The summed E-state index contributed by atoms with van der Waals surface area (Å²) >= 11 is 3.44. The van der Waals surface area contributed by atoms with Crippen molar-refractivity contribution in [1.82, 2.24) is 19.9 Å². The molecule has 0 aliphatic rings. The van der Waals surface area contributed by atoms with Gasteiger partial charge in [-0.2, -0.15) is 0 Å². The summed E-state index contributed by atoms with van der Waals surface area (Å²) in [7, 11) is 0. The largest absolute Gasteiger partial charge is 0.252 e. The zero-order chi connectivity index (χ0) is 21.1. The van der Waals surface area contributed by atoms with Crippen molar-refractivity contribution in [2.24, 2.45) is 0 Å². The molecule has 0 saturated carbocycles. The van der Waals surface area contributed by atoms with Crippen LogP contribution >= 0.6 is 22.7 Å². The lowest BCUT2D eigenvalue weighted by molar-refractivity contribution is 1.27. The second-order valence-electron chi connectivity index (χ2n) is 7.56. The Balaban J connectivity index is 1.69. The van der Waals surface area contributed by atoms with Gasteiger partial charge in [-0.15, -0.1) is 22.7 Å². The van der Waals surface area contributed by atoms with Gasteiger partial charge in [-0.1, -0.05) is 48.5 Å². The van der Waals surface area contributed by atoms with E-state index in [0.29, 0.717) is 0 Å². The SMILES string of the molecule is c1ccc2c(-c3c4nccnc4c(-c4scc5ccccc45)c4nccnc34)scc2c1. The number of hydrogen-bond acceptors (Lipinski definition) is 6. The van der Waals surface area contributed by atoms with Crippen LogP contribution < -0.4 is 0 Å². The smallest absolute Gasteiger partial charge is 0.100 e. The molecule has 0 unspecified atom stereocenters. The molecule has 6 heteroatoms. The highest BCUT2D eigenvalue weighted by atomic mass is 32.1. The van der Waals surface area contributed by atoms with E-state index < -0.39 is 0 Å². The first-order valence-electron chi connectivity index (χ1n) is 10.2. The van der Waals surface area contributed by atoms with Gasteiger partial charge in [-0.3, -0.25) is 19.9 Å². The Labute approximate surface area is 190 Å². The van der Waals surface area contributed by atoms with Crippen molar-refractivity contribution in [3.63, 3.8) is 0 Å². The summed E-state index contributed by atoms with van der Waals surface area (Å²) in [4.78, 5) is 21.6. The summed E-state index contributed by atoms with van der Waals surface area (Å²) in [5.74, 6) is 0. The molecule has 0 aliphatic heterocycles. The van der Waals surface area contributed by atoms with Crippen LogP contribution in [-0.2, 0) is 0 Å². The molecule has 0 atom stereocenters. The van der Waals surface area contributed by atoms with Crippen molar-refractivity contribution in [3.8, 4) is 20.9 Å². The van der Waals surface area contributed by atoms with E-state index in [1.165, 1.54) is 21.5 Å². The Morgan fingerprint density at radius 2 is 0.844 bits per heavy atom. The quantitative estimate of drug-likeness (QED) is 0.261. The van der Waals surface area contributed by atoms with Gasteiger partial charge in [0, 0.05) is 56.4 Å². The number of benzene rings is 3. The Morgan fingerprint density at radius 1 is 0.469 bits per heavy atom. The average Bonchev–Trinajstić information content (AvgIpc) is 3.47. The van der Waals surface area contributed by atoms with E-state index in [1.54, 1.807) is 47.5 Å². The molecule has 0 radical (unpaired) electrons. The van der Waals surface area contributed by atoms with Crippen molar-refractivity contribution < 1.29 is 0 Å². The lowest BCUT2D eigenvalue weighted by Crippen LogP contribution is -1.96. The minimum absolute atomic E-state index is 0.862. The van der Waals surface area contributed by atoms with Crippen molar-refractivity contribution in [1.29, 1.82) is 0 Å². The lowest BCUT2D eigenvalue weighted by atomic mass is 9.98. The number of fused-ring (bicyclic) bond motifs is 4. The van der Waals surface area contributed by atoms with Gasteiger partial charge in [0.1, 0.15) is 22.1 Å². The van der Waals surface area contributed by atoms with Gasteiger partial charge in [0.2, 0.25) is 0 Å². The molecule has 32 heavy (non-hydrogen) atoms. The maximum Gasteiger partial charge on any atom is 0.100 e. The van der Waals surface area contributed by atoms with Crippen molar-refractivity contribution in [2.45, 2.75) is 0 Å². The van der Waals surface area contributed by atoms with E-state index in [9.17, 15) is 0 Å². The van der Waals surface area contributed by atoms with Gasteiger partial charge in [0.05, 0.1) is 0 Å². The summed E-state index contributed by atoms with van der Waals surface area (Å²) < 4.78 is 0. The van der Waals surface area contributed by atoms with Crippen LogP contribution in [0.25, 0.3) is 64.5 Å². The minimum atomic E-state index is 0.862. The normalized spacial score (nSPS) is 11.8. The van der Waals surface area contributed by atoms with Gasteiger partial charge in [-0.05, 0) is 21.5 Å².